The second-order valence-electron chi connectivity index (χ2n) is 4.50. The van der Waals surface area contributed by atoms with Gasteiger partial charge in [0.1, 0.15) is 0 Å². The van der Waals surface area contributed by atoms with Gasteiger partial charge in [0, 0.05) is 0 Å². The van der Waals surface area contributed by atoms with Crippen LogP contribution < -0.4 is 5.32 Å². The number of halogens is 1. The summed E-state index contributed by atoms with van der Waals surface area (Å²) in [4.78, 5) is 11.3. The molecule has 0 aliphatic carbocycles. The maximum atomic E-state index is 11.3. The molecule has 0 unspecified atom stereocenters. The van der Waals surface area contributed by atoms with Crippen molar-refractivity contribution in [3.63, 3.8) is 0 Å². The molecule has 0 bridgehead atoms. The quantitative estimate of drug-likeness (QED) is 0.788. The number of Topliss-reactive ketones (excluding diaryl/α,β-unsaturated/α-hetero) is 1. The molecule has 2 nitrogen and oxygen atoms in total. The van der Waals surface area contributed by atoms with Crippen molar-refractivity contribution in [1.29, 1.82) is 0 Å². The van der Waals surface area contributed by atoms with Gasteiger partial charge in [0.2, 0.25) is 0 Å². The number of nitrogens with one attached hydrogen (secondary N) is 1. The summed E-state index contributed by atoms with van der Waals surface area (Å²) >= 11 is 6.47. The summed E-state index contributed by atoms with van der Waals surface area (Å²) in [5.41, 5.74) is 3.06. The van der Waals surface area contributed by atoms with E-state index in [4.69, 9.17) is 0 Å². The van der Waals surface area contributed by atoms with Crippen LogP contribution in [0, 0.1) is 0 Å². The third-order valence-corrected chi connectivity index (χ3v) is 4.01. The van der Waals surface area contributed by atoms with Crippen LogP contribution in [0.3, 0.4) is 0 Å². The van der Waals surface area contributed by atoms with Gasteiger partial charge in [-0.05, 0) is 0 Å². The van der Waals surface area contributed by atoms with Crippen molar-refractivity contribution >= 4 is 47.5 Å². The Balaban J connectivity index is 2.20. The van der Waals surface area contributed by atoms with Gasteiger partial charge >= 0.3 is 135 Å². The van der Waals surface area contributed by atoms with E-state index in [1.165, 1.54) is 0 Å². The summed E-state index contributed by atoms with van der Waals surface area (Å²) in [5, 5.41) is 3.33. The molecule has 0 amide bonds. The zero-order valence-corrected chi connectivity index (χ0v) is 14.3. The minimum absolute atomic E-state index is 0.161. The average Bonchev–Trinajstić information content (AvgIpc) is 2.41. The molecule has 0 aliphatic heterocycles. The number of ketones is 1. The second kappa shape index (κ2) is 6.98. The predicted octanol–water partition coefficient (Wildman–Crippen LogP) is 3.34. The van der Waals surface area contributed by atoms with Gasteiger partial charge in [-0.3, -0.25) is 0 Å². The molecule has 2 aromatic rings. The van der Waals surface area contributed by atoms with Gasteiger partial charge in [-0.15, -0.1) is 0 Å². The van der Waals surface area contributed by atoms with Crippen LogP contribution in [0.4, 0.5) is 5.69 Å². The molecular formula is C16H14BrNOSe. The van der Waals surface area contributed by atoms with Crippen molar-refractivity contribution in [1.82, 2.24) is 0 Å². The summed E-state index contributed by atoms with van der Waals surface area (Å²) in [6.07, 6.45) is 0.448. The van der Waals surface area contributed by atoms with Crippen molar-refractivity contribution in [2.45, 2.75) is 13.3 Å². The van der Waals surface area contributed by atoms with E-state index in [2.05, 4.69) is 36.8 Å². The van der Waals surface area contributed by atoms with E-state index in [0.29, 0.717) is 6.42 Å². The van der Waals surface area contributed by atoms with Gasteiger partial charge in [-0.2, -0.15) is 0 Å². The number of carbonyl (C=O) groups is 1. The van der Waals surface area contributed by atoms with Crippen LogP contribution in [0.5, 0.6) is 0 Å². The fourth-order valence-electron chi connectivity index (χ4n) is 1.90. The van der Waals surface area contributed by atoms with Crippen LogP contribution in [0.2, 0.25) is 0 Å². The third kappa shape index (κ3) is 4.14. The van der Waals surface area contributed by atoms with Crippen LogP contribution in [-0.2, 0) is 11.2 Å². The van der Waals surface area contributed by atoms with Gasteiger partial charge in [0.25, 0.3) is 0 Å². The van der Waals surface area contributed by atoms with E-state index in [1.807, 2.05) is 48.5 Å². The van der Waals surface area contributed by atoms with Crippen LogP contribution in [0.15, 0.2) is 53.0 Å². The van der Waals surface area contributed by atoms with Crippen molar-refractivity contribution < 1.29 is 4.79 Å². The van der Waals surface area contributed by atoms with E-state index in [9.17, 15) is 4.79 Å². The molecule has 0 aliphatic rings. The first-order valence-corrected chi connectivity index (χ1v) is 7.85. The summed E-state index contributed by atoms with van der Waals surface area (Å²) in [6.45, 7) is 1.61. The molecule has 1 N–H and O–H groups in total. The van der Waals surface area contributed by atoms with Gasteiger partial charge in [-0.25, -0.2) is 0 Å². The standard InChI is InChI=1S/C16H14BrNOSe/c1-11(19)10-12-4-2-3-5-15(12)16(20)18-14-8-6-13(17)7-9-14/h2-9H,10H2,1H3,(H,18,20). The van der Waals surface area contributed by atoms with Crippen molar-refractivity contribution in [2.75, 3.05) is 5.32 Å². The number of benzene rings is 2. The monoisotopic (exact) mass is 395 g/mol. The third-order valence-electron chi connectivity index (χ3n) is 2.80. The van der Waals surface area contributed by atoms with Crippen molar-refractivity contribution in [3.05, 3.63) is 64.1 Å². The Labute approximate surface area is 135 Å². The van der Waals surface area contributed by atoms with Gasteiger partial charge in [0.15, 0.2) is 0 Å². The number of anilines is 1. The molecule has 2 aromatic carbocycles. The molecule has 0 saturated heterocycles. The van der Waals surface area contributed by atoms with E-state index in [0.717, 1.165) is 25.8 Å². The van der Waals surface area contributed by atoms with Gasteiger partial charge < -0.3 is 0 Å². The molecule has 0 atom stereocenters. The Morgan fingerprint density at radius 1 is 1.15 bits per heavy atom. The Morgan fingerprint density at radius 2 is 1.80 bits per heavy atom. The predicted molar refractivity (Wildman–Crippen MR) is 88.5 cm³/mol. The van der Waals surface area contributed by atoms with Crippen molar-refractivity contribution in [2.24, 2.45) is 0 Å². The summed E-state index contributed by atoms with van der Waals surface area (Å²) in [7, 11) is 0. The molecule has 20 heavy (non-hydrogen) atoms. The minimum atomic E-state index is 0.161. The molecule has 0 radical (unpaired) electrons. The number of hydrogen-bond acceptors (Lipinski definition) is 2. The first kappa shape index (κ1) is 15.2. The molecule has 4 heteroatoms. The van der Waals surface area contributed by atoms with Crippen LogP contribution in [0.1, 0.15) is 18.1 Å². The Kier molecular flexibility index (Phi) is 5.30. The molecule has 102 valence electrons. The Bertz CT molecular complexity index is 637. The normalized spacial score (nSPS) is 10.1. The molecular weight excluding hydrogens is 381 g/mol. The summed E-state index contributed by atoms with van der Waals surface area (Å²) in [5.74, 6) is 0.161. The molecule has 0 aromatic heterocycles. The number of hydrogen-bond donors (Lipinski definition) is 1. The summed E-state index contributed by atoms with van der Waals surface area (Å²) in [6, 6.07) is 15.9. The zero-order chi connectivity index (χ0) is 14.5. The molecule has 0 fully saturated rings. The SMILES string of the molecule is CC(=O)Cc1ccccc1C(=[Se])Nc1ccc(Br)cc1. The van der Waals surface area contributed by atoms with Crippen molar-refractivity contribution in [3.8, 4) is 0 Å². The number of rotatable bonds is 5. The van der Waals surface area contributed by atoms with Gasteiger partial charge in [0.05, 0.1) is 0 Å². The van der Waals surface area contributed by atoms with Crippen LogP contribution in [-0.4, -0.2) is 25.9 Å². The fraction of sp³-hybridized carbons (Fsp3) is 0.125. The van der Waals surface area contributed by atoms with E-state index in [1.54, 1.807) is 6.92 Å². The molecule has 0 spiro atoms. The first-order chi connectivity index (χ1) is 9.56. The molecule has 0 heterocycles. The van der Waals surface area contributed by atoms with E-state index < -0.39 is 0 Å². The van der Waals surface area contributed by atoms with Gasteiger partial charge in [-0.1, -0.05) is 0 Å². The van der Waals surface area contributed by atoms with E-state index in [-0.39, 0.29) is 5.78 Å². The van der Waals surface area contributed by atoms with E-state index >= 15 is 0 Å². The topological polar surface area (TPSA) is 29.1 Å². The fourth-order valence-corrected chi connectivity index (χ4v) is 2.83. The second-order valence-corrected chi connectivity index (χ2v) is 6.27. The average molecular weight is 395 g/mol. The zero-order valence-electron chi connectivity index (χ0n) is 11.0. The first-order valence-electron chi connectivity index (χ1n) is 6.20. The molecule has 0 saturated carbocycles. The number of carbonyl (C=O) groups excluding carboxylic acids is 1. The summed E-state index contributed by atoms with van der Waals surface area (Å²) < 4.78 is 1.96. The molecule has 2 rings (SSSR count). The maximum absolute atomic E-state index is 11.3. The Hall–Kier alpha value is -1.22. The Morgan fingerprint density at radius 3 is 2.45 bits per heavy atom. The van der Waals surface area contributed by atoms with Crippen LogP contribution in [0.25, 0.3) is 0 Å². The van der Waals surface area contributed by atoms with Crippen LogP contribution >= 0.6 is 15.9 Å².